The van der Waals surface area contributed by atoms with Crippen molar-refractivity contribution in [3.63, 3.8) is 0 Å². The first-order valence-electron chi connectivity index (χ1n) is 8.99. The molecular weight excluding hydrogens is 377 g/mol. The number of hydrogen-bond acceptors (Lipinski definition) is 4. The van der Waals surface area contributed by atoms with Crippen LogP contribution in [0.2, 0.25) is 5.02 Å². The van der Waals surface area contributed by atoms with Gasteiger partial charge in [-0.1, -0.05) is 35.9 Å². The van der Waals surface area contributed by atoms with Gasteiger partial charge >= 0.3 is 0 Å². The number of nitrogens with zero attached hydrogens (tertiary/aromatic N) is 2. The number of allylic oxidation sites excluding steroid dienone is 3. The molecule has 0 radical (unpaired) electrons. The highest BCUT2D eigenvalue weighted by Gasteiger charge is 2.40. The molecule has 2 aromatic rings. The van der Waals surface area contributed by atoms with Crippen LogP contribution in [0, 0.1) is 17.1 Å². The monoisotopic (exact) mass is 393 g/mol. The second-order valence-corrected chi connectivity index (χ2v) is 7.26. The summed E-state index contributed by atoms with van der Waals surface area (Å²) in [6.07, 6.45) is 1.64. The first kappa shape index (κ1) is 18.3. The van der Waals surface area contributed by atoms with E-state index in [1.165, 1.54) is 11.0 Å². The first-order valence-corrected chi connectivity index (χ1v) is 9.37. The molecule has 1 aliphatic heterocycles. The number of para-hydroxylation sites is 1. The summed E-state index contributed by atoms with van der Waals surface area (Å²) in [4.78, 5) is 14.5. The molecule has 0 saturated carbocycles. The molecule has 2 aromatic carbocycles. The number of halogens is 2. The minimum atomic E-state index is -0.576. The van der Waals surface area contributed by atoms with E-state index in [9.17, 15) is 14.4 Å². The van der Waals surface area contributed by atoms with Crippen molar-refractivity contribution >= 4 is 23.1 Å². The zero-order valence-corrected chi connectivity index (χ0v) is 15.7. The maximum Gasteiger partial charge on any atom is 0.161 e. The second-order valence-electron chi connectivity index (χ2n) is 6.82. The van der Waals surface area contributed by atoms with Crippen LogP contribution in [-0.2, 0) is 4.79 Å². The number of ketones is 1. The Labute approximate surface area is 167 Å². The fourth-order valence-corrected chi connectivity index (χ4v) is 4.11. The lowest BCUT2D eigenvalue weighted by Gasteiger charge is -2.39. The zero-order chi connectivity index (χ0) is 19.8. The Bertz CT molecular complexity index is 1070. The molecule has 6 heteroatoms. The van der Waals surface area contributed by atoms with Gasteiger partial charge in [0.1, 0.15) is 11.6 Å². The molecule has 0 spiro atoms. The number of carbonyl (C=O) groups is 1. The Morgan fingerprint density at radius 2 is 1.86 bits per heavy atom. The van der Waals surface area contributed by atoms with Gasteiger partial charge in [0.05, 0.1) is 23.2 Å². The topological polar surface area (TPSA) is 70.1 Å². The van der Waals surface area contributed by atoms with E-state index >= 15 is 0 Å². The van der Waals surface area contributed by atoms with Crippen LogP contribution in [0.5, 0.6) is 0 Å². The lowest BCUT2D eigenvalue weighted by Crippen LogP contribution is -2.39. The summed E-state index contributed by atoms with van der Waals surface area (Å²) in [6.45, 7) is 0. The van der Waals surface area contributed by atoms with E-state index < -0.39 is 11.7 Å². The average molecular weight is 394 g/mol. The fourth-order valence-electron chi connectivity index (χ4n) is 3.98. The van der Waals surface area contributed by atoms with Crippen molar-refractivity contribution in [1.29, 1.82) is 5.26 Å². The lowest BCUT2D eigenvalue weighted by atomic mass is 9.75. The van der Waals surface area contributed by atoms with Gasteiger partial charge in [-0.25, -0.2) is 4.39 Å². The van der Waals surface area contributed by atoms with E-state index in [1.54, 1.807) is 42.5 Å². The Kier molecular flexibility index (Phi) is 4.66. The van der Waals surface area contributed by atoms with E-state index in [0.717, 1.165) is 5.56 Å². The molecule has 0 unspecified atom stereocenters. The molecule has 4 nitrogen and oxygen atoms in total. The molecule has 2 aliphatic rings. The van der Waals surface area contributed by atoms with Gasteiger partial charge < -0.3 is 5.73 Å². The number of carbonyl (C=O) groups excluding carboxylic acids is 1. The highest BCUT2D eigenvalue weighted by molar-refractivity contribution is 6.30. The van der Waals surface area contributed by atoms with Crippen molar-refractivity contribution in [1.82, 2.24) is 0 Å². The lowest BCUT2D eigenvalue weighted by molar-refractivity contribution is -0.116. The van der Waals surface area contributed by atoms with Crippen LogP contribution in [0.1, 0.15) is 30.7 Å². The highest BCUT2D eigenvalue weighted by atomic mass is 35.5. The Balaban J connectivity index is 1.98. The minimum Gasteiger partial charge on any atom is -0.384 e. The summed E-state index contributed by atoms with van der Waals surface area (Å²) in [5, 5.41) is 10.5. The summed E-state index contributed by atoms with van der Waals surface area (Å²) in [6, 6.07) is 15.4. The van der Waals surface area contributed by atoms with Gasteiger partial charge in [0.25, 0.3) is 0 Å². The van der Waals surface area contributed by atoms with E-state index in [0.29, 0.717) is 35.6 Å². The van der Waals surface area contributed by atoms with Crippen LogP contribution in [-0.4, -0.2) is 5.78 Å². The van der Waals surface area contributed by atoms with Crippen LogP contribution in [0.4, 0.5) is 10.1 Å². The zero-order valence-electron chi connectivity index (χ0n) is 15.0. The third-order valence-electron chi connectivity index (χ3n) is 5.21. The molecule has 4 rings (SSSR count). The number of nitrogens with two attached hydrogens (primary N) is 1. The van der Waals surface area contributed by atoms with Crippen LogP contribution >= 0.6 is 11.6 Å². The average Bonchev–Trinajstić information content (AvgIpc) is 2.69. The van der Waals surface area contributed by atoms with Gasteiger partial charge in [0.15, 0.2) is 5.78 Å². The molecule has 0 aromatic heterocycles. The quantitative estimate of drug-likeness (QED) is 0.796. The number of nitriles is 1. The number of Topliss-reactive ketones (excluding diaryl/α,β-unsaturated/α-hetero) is 1. The van der Waals surface area contributed by atoms with Crippen molar-refractivity contribution in [2.45, 2.75) is 25.2 Å². The minimum absolute atomic E-state index is 0.0391. The predicted molar refractivity (Wildman–Crippen MR) is 106 cm³/mol. The predicted octanol–water partition coefficient (Wildman–Crippen LogP) is 4.78. The molecule has 1 aliphatic carbocycles. The summed E-state index contributed by atoms with van der Waals surface area (Å²) < 4.78 is 14.6. The van der Waals surface area contributed by atoms with Crippen molar-refractivity contribution in [3.8, 4) is 6.07 Å². The Morgan fingerprint density at radius 1 is 1.14 bits per heavy atom. The van der Waals surface area contributed by atoms with E-state index in [2.05, 4.69) is 6.07 Å². The summed E-state index contributed by atoms with van der Waals surface area (Å²) in [5.74, 6) is -0.922. The smallest absolute Gasteiger partial charge is 0.161 e. The van der Waals surface area contributed by atoms with Gasteiger partial charge in [-0.15, -0.1) is 0 Å². The summed E-state index contributed by atoms with van der Waals surface area (Å²) in [7, 11) is 0. The van der Waals surface area contributed by atoms with Crippen LogP contribution in [0.15, 0.2) is 71.2 Å². The molecule has 140 valence electrons. The van der Waals surface area contributed by atoms with E-state index in [4.69, 9.17) is 17.3 Å². The number of hydrogen-bond donors (Lipinski definition) is 1. The van der Waals surface area contributed by atoms with E-state index in [1.807, 2.05) is 0 Å². The summed E-state index contributed by atoms with van der Waals surface area (Å²) >= 11 is 6.01. The fraction of sp³-hybridized carbons (Fsp3) is 0.182. The highest BCUT2D eigenvalue weighted by Crippen LogP contribution is 2.46. The molecule has 28 heavy (non-hydrogen) atoms. The standard InChI is InChI=1S/C22H17ClFN3O/c23-14-10-8-13(9-11-14)20-15(12-25)22(26)27(17-5-2-1-4-16(17)24)18-6-3-7-19(28)21(18)20/h1-2,4-5,8-11,20H,3,6-7,26H2/t20-/m1/s1. The molecule has 0 amide bonds. The molecule has 1 heterocycles. The van der Waals surface area contributed by atoms with E-state index in [-0.39, 0.29) is 22.9 Å². The first-order chi connectivity index (χ1) is 13.5. The molecule has 0 fully saturated rings. The normalized spacial score (nSPS) is 19.5. The molecule has 0 bridgehead atoms. The maximum absolute atomic E-state index is 14.6. The van der Waals surface area contributed by atoms with Crippen LogP contribution in [0.25, 0.3) is 0 Å². The molecule has 1 atom stereocenters. The van der Waals surface area contributed by atoms with Gasteiger partial charge in [0.2, 0.25) is 0 Å². The number of anilines is 1. The third kappa shape index (κ3) is 2.87. The molecular formula is C22H17ClFN3O. The van der Waals surface area contributed by atoms with Gasteiger partial charge in [-0.05, 0) is 42.7 Å². The summed E-state index contributed by atoms with van der Waals surface area (Å²) in [5.41, 5.74) is 8.81. The Morgan fingerprint density at radius 3 is 2.54 bits per heavy atom. The van der Waals surface area contributed by atoms with Crippen LogP contribution < -0.4 is 10.6 Å². The van der Waals surface area contributed by atoms with Crippen molar-refractivity contribution in [3.05, 3.63) is 87.6 Å². The van der Waals surface area contributed by atoms with Crippen molar-refractivity contribution < 1.29 is 9.18 Å². The third-order valence-corrected chi connectivity index (χ3v) is 5.46. The largest absolute Gasteiger partial charge is 0.384 e. The maximum atomic E-state index is 14.6. The van der Waals surface area contributed by atoms with Gasteiger partial charge in [0, 0.05) is 22.7 Å². The number of benzene rings is 2. The second kappa shape index (κ2) is 7.14. The Hall–Kier alpha value is -3.10. The van der Waals surface area contributed by atoms with Gasteiger partial charge in [-0.2, -0.15) is 5.26 Å². The van der Waals surface area contributed by atoms with Crippen molar-refractivity contribution in [2.75, 3.05) is 4.90 Å². The van der Waals surface area contributed by atoms with Gasteiger partial charge in [-0.3, -0.25) is 9.69 Å². The van der Waals surface area contributed by atoms with Crippen molar-refractivity contribution in [2.24, 2.45) is 5.73 Å². The number of rotatable bonds is 2. The SMILES string of the molecule is N#CC1=C(N)N(c2ccccc2F)C2=C(C(=O)CCC2)[C@@H]1c1ccc(Cl)cc1. The molecule has 0 saturated heterocycles. The van der Waals surface area contributed by atoms with Crippen LogP contribution in [0.3, 0.4) is 0 Å². The molecule has 2 N–H and O–H groups in total.